The molecule has 0 fully saturated rings. The second-order valence-corrected chi connectivity index (χ2v) is 2.02. The molecule has 0 heterocycles. The van der Waals surface area contributed by atoms with Gasteiger partial charge >= 0.3 is 5.97 Å². The molecule has 12 heavy (non-hydrogen) atoms. The molecule has 0 atom stereocenters. The number of carbonyl (C=O) groups excluding carboxylic acids is 2. The van der Waals surface area contributed by atoms with Crippen molar-refractivity contribution in [2.75, 3.05) is 21.3 Å². The van der Waals surface area contributed by atoms with Crippen LogP contribution in [0, 0.1) is 0 Å². The van der Waals surface area contributed by atoms with Crippen molar-refractivity contribution in [1.29, 1.82) is 0 Å². The van der Waals surface area contributed by atoms with Crippen LogP contribution >= 0.6 is 0 Å². The predicted molar refractivity (Wildman–Crippen MR) is 39.4 cm³/mol. The molecule has 0 radical (unpaired) electrons. The highest BCUT2D eigenvalue weighted by molar-refractivity contribution is 5.97. The normalized spacial score (nSPS) is 10.0. The van der Waals surface area contributed by atoms with Crippen LogP contribution in [-0.4, -0.2) is 39.4 Å². The standard InChI is InChI=1S/C7H12O5/c1-10-6(9)4-5(8)7(11-2)12-3/h7H,4H2,1-3H3. The Bertz CT molecular complexity index is 161. The van der Waals surface area contributed by atoms with E-state index in [1.807, 2.05) is 0 Å². The molecule has 70 valence electrons. The largest absolute Gasteiger partial charge is 0.469 e. The maximum absolute atomic E-state index is 11.0. The molecule has 0 aliphatic heterocycles. The Hall–Kier alpha value is -0.940. The molecule has 5 nitrogen and oxygen atoms in total. The van der Waals surface area contributed by atoms with Gasteiger partial charge in [-0.3, -0.25) is 9.59 Å². The van der Waals surface area contributed by atoms with E-state index in [2.05, 4.69) is 14.2 Å². The van der Waals surface area contributed by atoms with E-state index in [0.29, 0.717) is 0 Å². The molecule has 5 heteroatoms. The Balaban J connectivity index is 3.92. The van der Waals surface area contributed by atoms with Crippen LogP contribution in [0.4, 0.5) is 0 Å². The second-order valence-electron chi connectivity index (χ2n) is 2.02. The first-order chi connectivity index (χ1) is 5.65. The molecule has 0 aromatic rings. The number of rotatable bonds is 5. The van der Waals surface area contributed by atoms with E-state index in [9.17, 15) is 9.59 Å². The van der Waals surface area contributed by atoms with Crippen LogP contribution in [0.25, 0.3) is 0 Å². The molecule has 0 unspecified atom stereocenters. The molecule has 0 bridgehead atoms. The van der Waals surface area contributed by atoms with E-state index in [1.165, 1.54) is 21.3 Å². The van der Waals surface area contributed by atoms with Gasteiger partial charge in [0, 0.05) is 14.2 Å². The zero-order valence-electron chi connectivity index (χ0n) is 7.33. The zero-order valence-corrected chi connectivity index (χ0v) is 7.33. The summed E-state index contributed by atoms with van der Waals surface area (Å²) in [6, 6.07) is 0. The third-order valence-electron chi connectivity index (χ3n) is 1.24. The highest BCUT2D eigenvalue weighted by Crippen LogP contribution is 1.98. The van der Waals surface area contributed by atoms with Crippen LogP contribution < -0.4 is 0 Å². The average molecular weight is 176 g/mol. The highest BCUT2D eigenvalue weighted by Gasteiger charge is 2.19. The number of methoxy groups -OCH3 is 3. The topological polar surface area (TPSA) is 61.8 Å². The summed E-state index contributed by atoms with van der Waals surface area (Å²) in [5.41, 5.74) is 0. The fourth-order valence-electron chi connectivity index (χ4n) is 0.657. The molecule has 0 aromatic heterocycles. The Labute approximate surface area is 70.6 Å². The van der Waals surface area contributed by atoms with E-state index in [1.54, 1.807) is 0 Å². The first kappa shape index (κ1) is 11.1. The van der Waals surface area contributed by atoms with Crippen LogP contribution in [0.5, 0.6) is 0 Å². The molecule has 0 spiro atoms. The lowest BCUT2D eigenvalue weighted by molar-refractivity contribution is -0.161. The summed E-state index contributed by atoms with van der Waals surface area (Å²) >= 11 is 0. The summed E-state index contributed by atoms with van der Waals surface area (Å²) in [6.45, 7) is 0. The van der Waals surface area contributed by atoms with Gasteiger partial charge in [-0.2, -0.15) is 0 Å². The molecule has 0 saturated heterocycles. The minimum Gasteiger partial charge on any atom is -0.469 e. The van der Waals surface area contributed by atoms with Crippen molar-refractivity contribution in [3.05, 3.63) is 0 Å². The minimum absolute atomic E-state index is 0.331. The van der Waals surface area contributed by atoms with Crippen molar-refractivity contribution < 1.29 is 23.8 Å². The lowest BCUT2D eigenvalue weighted by Gasteiger charge is -2.10. The smallest absolute Gasteiger partial charge is 0.313 e. The van der Waals surface area contributed by atoms with Gasteiger partial charge in [-0.15, -0.1) is 0 Å². The molecule has 0 aliphatic carbocycles. The number of hydrogen-bond donors (Lipinski definition) is 0. The summed E-state index contributed by atoms with van der Waals surface area (Å²) < 4.78 is 13.5. The first-order valence-electron chi connectivity index (χ1n) is 3.30. The Kier molecular flexibility index (Phi) is 5.23. The van der Waals surface area contributed by atoms with Crippen molar-refractivity contribution in [2.45, 2.75) is 12.7 Å². The second kappa shape index (κ2) is 5.68. The van der Waals surface area contributed by atoms with Gasteiger partial charge in [-0.1, -0.05) is 0 Å². The summed E-state index contributed by atoms with van der Waals surface area (Å²) in [5.74, 6) is -1.05. The minimum atomic E-state index is -0.982. The van der Waals surface area contributed by atoms with E-state index in [0.717, 1.165) is 0 Å². The molecular formula is C7H12O5. The lowest BCUT2D eigenvalue weighted by atomic mass is 10.3. The number of ether oxygens (including phenoxy) is 3. The van der Waals surface area contributed by atoms with Crippen LogP contribution in [0.3, 0.4) is 0 Å². The summed E-state index contributed by atoms with van der Waals surface area (Å²) in [5, 5.41) is 0. The SMILES string of the molecule is COC(=O)CC(=O)C(OC)OC. The van der Waals surface area contributed by atoms with Crippen LogP contribution in [0.15, 0.2) is 0 Å². The Morgan fingerprint density at radius 3 is 2.00 bits per heavy atom. The number of Topliss-reactive ketones (excluding diaryl/α,β-unsaturated/α-hetero) is 1. The van der Waals surface area contributed by atoms with Crippen molar-refractivity contribution in [1.82, 2.24) is 0 Å². The van der Waals surface area contributed by atoms with Gasteiger partial charge < -0.3 is 14.2 Å². The highest BCUT2D eigenvalue weighted by atomic mass is 16.7. The van der Waals surface area contributed by atoms with Gasteiger partial charge in [0.1, 0.15) is 6.42 Å². The van der Waals surface area contributed by atoms with Gasteiger partial charge in [0.15, 0.2) is 5.78 Å². The Morgan fingerprint density at radius 1 is 1.17 bits per heavy atom. The predicted octanol–water partition coefficient (Wildman–Crippen LogP) is -0.263. The number of carbonyl (C=O) groups is 2. The van der Waals surface area contributed by atoms with Crippen LogP contribution in [0.2, 0.25) is 0 Å². The van der Waals surface area contributed by atoms with Gasteiger partial charge in [-0.25, -0.2) is 0 Å². The maximum atomic E-state index is 11.0. The van der Waals surface area contributed by atoms with E-state index in [-0.39, 0.29) is 6.42 Å². The number of hydrogen-bond acceptors (Lipinski definition) is 5. The molecule has 0 aromatic carbocycles. The third-order valence-corrected chi connectivity index (χ3v) is 1.24. The van der Waals surface area contributed by atoms with Gasteiger partial charge in [0.05, 0.1) is 7.11 Å². The van der Waals surface area contributed by atoms with Crippen molar-refractivity contribution in [3.63, 3.8) is 0 Å². The van der Waals surface area contributed by atoms with E-state index in [4.69, 9.17) is 0 Å². The summed E-state index contributed by atoms with van der Waals surface area (Å²) in [7, 11) is 3.86. The van der Waals surface area contributed by atoms with Gasteiger partial charge in [0.25, 0.3) is 0 Å². The molecule has 0 aliphatic rings. The summed E-state index contributed by atoms with van der Waals surface area (Å²) in [4.78, 5) is 21.6. The van der Waals surface area contributed by atoms with Crippen LogP contribution in [-0.2, 0) is 23.8 Å². The Morgan fingerprint density at radius 2 is 1.67 bits per heavy atom. The quantitative estimate of drug-likeness (QED) is 0.328. The van der Waals surface area contributed by atoms with Crippen molar-refractivity contribution in [3.8, 4) is 0 Å². The average Bonchev–Trinajstić information content (AvgIpc) is 2.06. The molecule has 0 saturated carbocycles. The summed E-state index contributed by atoms with van der Waals surface area (Å²) in [6.07, 6.45) is -1.31. The third kappa shape index (κ3) is 3.45. The lowest BCUT2D eigenvalue weighted by Crippen LogP contribution is -2.27. The fraction of sp³-hybridized carbons (Fsp3) is 0.714. The maximum Gasteiger partial charge on any atom is 0.313 e. The van der Waals surface area contributed by atoms with Gasteiger partial charge in [-0.05, 0) is 0 Å². The van der Waals surface area contributed by atoms with E-state index < -0.39 is 18.0 Å². The number of ketones is 1. The van der Waals surface area contributed by atoms with E-state index >= 15 is 0 Å². The molecule has 0 amide bonds. The van der Waals surface area contributed by atoms with Crippen molar-refractivity contribution >= 4 is 11.8 Å². The molecule has 0 rings (SSSR count). The monoisotopic (exact) mass is 176 g/mol. The fourth-order valence-corrected chi connectivity index (χ4v) is 0.657. The molecule has 0 N–H and O–H groups in total. The van der Waals surface area contributed by atoms with Crippen molar-refractivity contribution in [2.24, 2.45) is 0 Å². The van der Waals surface area contributed by atoms with Gasteiger partial charge in [0.2, 0.25) is 6.29 Å². The van der Waals surface area contributed by atoms with Crippen LogP contribution in [0.1, 0.15) is 6.42 Å². The first-order valence-corrected chi connectivity index (χ1v) is 3.30. The molecular weight excluding hydrogens is 164 g/mol. The number of esters is 1. The zero-order chi connectivity index (χ0) is 9.56.